The molecule has 1 heterocycles. The van der Waals surface area contributed by atoms with Crippen LogP contribution >= 0.6 is 0 Å². The smallest absolute Gasteiger partial charge is 0.475 e. The molecule has 12 heteroatoms. The number of H-pyrrole nitrogens is 1. The SMILES string of the molecule is NC(=O)c1nc[nH]c1[N+](=O)[O-].O=C(O)C(F)(F)F. The van der Waals surface area contributed by atoms with Crippen LogP contribution in [0.4, 0.5) is 19.0 Å². The van der Waals surface area contributed by atoms with Crippen molar-refractivity contribution in [2.45, 2.75) is 6.18 Å². The normalized spacial score (nSPS) is 10.2. The highest BCUT2D eigenvalue weighted by atomic mass is 19.4. The van der Waals surface area contributed by atoms with Gasteiger partial charge in [-0.2, -0.15) is 13.2 Å². The molecule has 0 aliphatic rings. The fourth-order valence-electron chi connectivity index (χ4n) is 0.607. The van der Waals surface area contributed by atoms with Crippen LogP contribution in [0, 0.1) is 10.1 Å². The molecule has 100 valence electrons. The van der Waals surface area contributed by atoms with E-state index in [-0.39, 0.29) is 5.69 Å². The molecule has 0 saturated carbocycles. The lowest BCUT2D eigenvalue weighted by Crippen LogP contribution is -2.21. The van der Waals surface area contributed by atoms with Crippen molar-refractivity contribution in [3.8, 4) is 0 Å². The van der Waals surface area contributed by atoms with Gasteiger partial charge in [-0.1, -0.05) is 0 Å². The molecule has 9 nitrogen and oxygen atoms in total. The van der Waals surface area contributed by atoms with E-state index < -0.39 is 28.8 Å². The highest BCUT2D eigenvalue weighted by Gasteiger charge is 2.38. The summed E-state index contributed by atoms with van der Waals surface area (Å²) in [6, 6.07) is 0. The number of nitro groups is 1. The number of aromatic nitrogens is 2. The number of aliphatic carboxylic acids is 1. The maximum Gasteiger partial charge on any atom is 0.490 e. The third-order valence-electron chi connectivity index (χ3n) is 1.28. The summed E-state index contributed by atoms with van der Waals surface area (Å²) in [7, 11) is 0. The van der Waals surface area contributed by atoms with Crippen LogP contribution in [0.25, 0.3) is 0 Å². The topological polar surface area (TPSA) is 152 Å². The number of amides is 1. The average Bonchev–Trinajstić information content (AvgIpc) is 2.64. The first kappa shape index (κ1) is 15.3. The summed E-state index contributed by atoms with van der Waals surface area (Å²) in [5.41, 5.74) is 4.42. The van der Waals surface area contributed by atoms with E-state index in [4.69, 9.17) is 15.6 Å². The Bertz CT molecular complexity index is 440. The number of rotatable bonds is 2. The first-order chi connectivity index (χ1) is 8.07. The number of aromatic amines is 1. The predicted octanol–water partition coefficient (Wildman–Crippen LogP) is 0.0501. The van der Waals surface area contributed by atoms with Crippen molar-refractivity contribution in [3.05, 3.63) is 22.1 Å². The number of primary amides is 1. The molecule has 0 atom stereocenters. The molecule has 0 bridgehead atoms. The maximum atomic E-state index is 10.6. The summed E-state index contributed by atoms with van der Waals surface area (Å²) in [5.74, 6) is -4.15. The Hall–Kier alpha value is -2.66. The zero-order valence-corrected chi connectivity index (χ0v) is 8.26. The molecule has 0 radical (unpaired) electrons. The summed E-state index contributed by atoms with van der Waals surface area (Å²) in [6.45, 7) is 0. The fraction of sp³-hybridized carbons (Fsp3) is 0.167. The molecular weight excluding hydrogens is 265 g/mol. The lowest BCUT2D eigenvalue weighted by Gasteiger charge is -1.93. The number of carbonyl (C=O) groups excluding carboxylic acids is 1. The Morgan fingerprint density at radius 1 is 1.50 bits per heavy atom. The molecule has 1 rings (SSSR count). The second kappa shape index (κ2) is 5.60. The van der Waals surface area contributed by atoms with Gasteiger partial charge in [0.1, 0.15) is 0 Å². The number of nitrogens with one attached hydrogen (secondary N) is 1. The van der Waals surface area contributed by atoms with E-state index in [9.17, 15) is 28.1 Å². The molecule has 18 heavy (non-hydrogen) atoms. The quantitative estimate of drug-likeness (QED) is 0.509. The first-order valence-electron chi connectivity index (χ1n) is 3.85. The number of carboxylic acids is 1. The number of alkyl halides is 3. The van der Waals surface area contributed by atoms with Gasteiger partial charge >= 0.3 is 18.0 Å². The molecular formula is C6H5F3N4O5. The lowest BCUT2D eigenvalue weighted by atomic mass is 10.4. The van der Waals surface area contributed by atoms with E-state index >= 15 is 0 Å². The molecule has 0 fully saturated rings. The number of nitrogens with zero attached hydrogens (tertiary/aromatic N) is 2. The van der Waals surface area contributed by atoms with E-state index in [2.05, 4.69) is 9.97 Å². The second-order valence-corrected chi connectivity index (χ2v) is 2.52. The molecule has 0 spiro atoms. The van der Waals surface area contributed by atoms with Crippen molar-refractivity contribution < 1.29 is 32.8 Å². The second-order valence-electron chi connectivity index (χ2n) is 2.52. The fourth-order valence-corrected chi connectivity index (χ4v) is 0.607. The van der Waals surface area contributed by atoms with E-state index in [0.29, 0.717) is 0 Å². The molecule has 1 aromatic heterocycles. The highest BCUT2D eigenvalue weighted by molar-refractivity contribution is 5.94. The molecule has 0 aromatic carbocycles. The van der Waals surface area contributed by atoms with Crippen molar-refractivity contribution in [1.29, 1.82) is 0 Å². The number of carbonyl (C=O) groups is 2. The molecule has 1 aromatic rings. The van der Waals surface area contributed by atoms with Crippen molar-refractivity contribution in [2.24, 2.45) is 5.73 Å². The van der Waals surface area contributed by atoms with Gasteiger partial charge < -0.3 is 21.0 Å². The van der Waals surface area contributed by atoms with Crippen molar-refractivity contribution in [3.63, 3.8) is 0 Å². The summed E-state index contributed by atoms with van der Waals surface area (Å²) in [6.07, 6.45) is -4.04. The summed E-state index contributed by atoms with van der Waals surface area (Å²) >= 11 is 0. The number of imidazole rings is 1. The van der Waals surface area contributed by atoms with Crippen LogP contribution < -0.4 is 5.73 Å². The van der Waals surface area contributed by atoms with Gasteiger partial charge in [0.2, 0.25) is 5.69 Å². The number of nitrogens with two attached hydrogens (primary N) is 1. The number of halogens is 3. The summed E-state index contributed by atoms with van der Waals surface area (Å²) in [4.78, 5) is 34.2. The van der Waals surface area contributed by atoms with Gasteiger partial charge in [0.15, 0.2) is 6.33 Å². The van der Waals surface area contributed by atoms with Gasteiger partial charge in [-0.3, -0.25) is 4.79 Å². The van der Waals surface area contributed by atoms with Crippen LogP contribution in [-0.2, 0) is 4.79 Å². The van der Waals surface area contributed by atoms with Crippen molar-refractivity contribution >= 4 is 17.7 Å². The first-order valence-corrected chi connectivity index (χ1v) is 3.85. The van der Waals surface area contributed by atoms with Gasteiger partial charge in [-0.05, 0) is 4.92 Å². The summed E-state index contributed by atoms with van der Waals surface area (Å²) < 4.78 is 31.7. The molecule has 4 N–H and O–H groups in total. The Balaban J connectivity index is 0.000000360. The highest BCUT2D eigenvalue weighted by Crippen LogP contribution is 2.13. The van der Waals surface area contributed by atoms with Crippen LogP contribution in [0.3, 0.4) is 0 Å². The van der Waals surface area contributed by atoms with E-state index in [1.807, 2.05) is 0 Å². The molecule has 0 aliphatic heterocycles. The van der Waals surface area contributed by atoms with Crippen LogP contribution in [-0.4, -0.2) is 38.1 Å². The molecule has 0 unspecified atom stereocenters. The number of carboxylic acid groups (broad SMARTS) is 1. The van der Waals surface area contributed by atoms with Crippen molar-refractivity contribution in [2.75, 3.05) is 0 Å². The Kier molecular flexibility index (Phi) is 4.78. The van der Waals surface area contributed by atoms with Crippen LogP contribution in [0.15, 0.2) is 6.33 Å². The zero-order chi connectivity index (χ0) is 14.5. The summed E-state index contributed by atoms with van der Waals surface area (Å²) in [5, 5.41) is 17.2. The Morgan fingerprint density at radius 3 is 2.17 bits per heavy atom. The monoisotopic (exact) mass is 270 g/mol. The van der Waals surface area contributed by atoms with Gasteiger partial charge in [0.05, 0.1) is 0 Å². The van der Waals surface area contributed by atoms with Gasteiger partial charge in [-0.15, -0.1) is 0 Å². The standard InChI is InChI=1S/C4H4N4O3.C2HF3O2/c5-3(9)2-4(8(10)11)7-1-6-2;3-2(4,5)1(6)7/h1H,(H2,5,9)(H,6,7);(H,6,7). The van der Waals surface area contributed by atoms with E-state index in [1.165, 1.54) is 0 Å². The molecule has 1 amide bonds. The number of hydrogen-bond acceptors (Lipinski definition) is 5. The minimum atomic E-state index is -5.08. The zero-order valence-electron chi connectivity index (χ0n) is 8.26. The minimum Gasteiger partial charge on any atom is -0.475 e. The van der Waals surface area contributed by atoms with Crippen LogP contribution in [0.2, 0.25) is 0 Å². The van der Waals surface area contributed by atoms with Crippen molar-refractivity contribution in [1.82, 2.24) is 9.97 Å². The maximum absolute atomic E-state index is 10.6. The van der Waals surface area contributed by atoms with Crippen LogP contribution in [0.5, 0.6) is 0 Å². The largest absolute Gasteiger partial charge is 0.490 e. The molecule has 0 saturated heterocycles. The van der Waals surface area contributed by atoms with Crippen LogP contribution in [0.1, 0.15) is 10.5 Å². The molecule has 0 aliphatic carbocycles. The minimum absolute atomic E-state index is 0.352. The van der Waals surface area contributed by atoms with E-state index in [0.717, 1.165) is 6.33 Å². The Morgan fingerprint density at radius 2 is 1.94 bits per heavy atom. The average molecular weight is 270 g/mol. The third-order valence-corrected chi connectivity index (χ3v) is 1.28. The predicted molar refractivity (Wildman–Crippen MR) is 47.5 cm³/mol. The van der Waals surface area contributed by atoms with Gasteiger partial charge in [0, 0.05) is 0 Å². The van der Waals surface area contributed by atoms with Gasteiger partial charge in [-0.25, -0.2) is 14.8 Å². The Labute approximate surface area is 95.6 Å². The number of hydrogen-bond donors (Lipinski definition) is 3. The van der Waals surface area contributed by atoms with Gasteiger partial charge in [0.25, 0.3) is 5.91 Å². The third kappa shape index (κ3) is 4.46. The van der Waals surface area contributed by atoms with E-state index in [1.54, 1.807) is 0 Å². The lowest BCUT2D eigenvalue weighted by molar-refractivity contribution is -0.389.